The summed E-state index contributed by atoms with van der Waals surface area (Å²) in [5.74, 6) is -1.84. The Morgan fingerprint density at radius 3 is 2.61 bits per heavy atom. The summed E-state index contributed by atoms with van der Waals surface area (Å²) >= 11 is 0. The van der Waals surface area contributed by atoms with Gasteiger partial charge in [-0.1, -0.05) is 0 Å². The van der Waals surface area contributed by atoms with E-state index < -0.39 is 23.2 Å². The Balaban J connectivity index is 1.44. The van der Waals surface area contributed by atoms with Crippen LogP contribution in [0, 0.1) is 11.6 Å². The molecule has 5 rings (SSSR count). The molecule has 0 bridgehead atoms. The first kappa shape index (κ1) is 17.4. The molecule has 1 fully saturated rings. The van der Waals surface area contributed by atoms with E-state index >= 15 is 0 Å². The maximum Gasteiger partial charge on any atom is 0.339 e. The summed E-state index contributed by atoms with van der Waals surface area (Å²) in [6, 6.07) is 4.28. The molecule has 0 unspecified atom stereocenters. The predicted molar refractivity (Wildman–Crippen MR) is 98.6 cm³/mol. The number of hydrogen-bond donors (Lipinski definition) is 1. The van der Waals surface area contributed by atoms with Crippen molar-refractivity contribution in [2.75, 3.05) is 18.0 Å². The maximum absolute atomic E-state index is 14.5. The molecular weight excluding hydrogens is 366 g/mol. The predicted octanol–water partition coefficient (Wildman–Crippen LogP) is 3.20. The minimum Gasteiger partial charge on any atom is -0.450 e. The van der Waals surface area contributed by atoms with Gasteiger partial charge in [-0.2, -0.15) is 0 Å². The van der Waals surface area contributed by atoms with Crippen LogP contribution in [0.3, 0.4) is 0 Å². The standard InChI is InChI=1S/C21H20F2N2O3/c22-15-6-5-14-17(18(15)23)21(28-20(14)27)7-9-25(10-8-21)16-11-12-3-1-2-4-13(12)19(26)24-16/h5-6,11H,1-4,7-10H2,(H,24,26). The van der Waals surface area contributed by atoms with E-state index in [1.165, 1.54) is 6.07 Å². The van der Waals surface area contributed by atoms with Crippen molar-refractivity contribution in [2.24, 2.45) is 0 Å². The number of carbonyl (C=O) groups is 1. The van der Waals surface area contributed by atoms with Crippen molar-refractivity contribution in [3.05, 3.63) is 62.4 Å². The van der Waals surface area contributed by atoms with Crippen molar-refractivity contribution in [3.63, 3.8) is 0 Å². The van der Waals surface area contributed by atoms with Crippen molar-refractivity contribution >= 4 is 11.8 Å². The van der Waals surface area contributed by atoms with E-state index in [1.54, 1.807) is 0 Å². The lowest BCUT2D eigenvalue weighted by molar-refractivity contribution is -0.0226. The highest BCUT2D eigenvalue weighted by Crippen LogP contribution is 2.46. The van der Waals surface area contributed by atoms with Gasteiger partial charge in [0.25, 0.3) is 5.56 Å². The minimum atomic E-state index is -1.14. The Hall–Kier alpha value is -2.70. The van der Waals surface area contributed by atoms with Crippen LogP contribution < -0.4 is 10.5 Å². The first-order valence-corrected chi connectivity index (χ1v) is 9.70. The van der Waals surface area contributed by atoms with Crippen LogP contribution >= 0.6 is 0 Å². The second-order valence-electron chi connectivity index (χ2n) is 7.85. The Labute approximate surface area is 160 Å². The number of hydrogen-bond acceptors (Lipinski definition) is 4. The van der Waals surface area contributed by atoms with Gasteiger partial charge in [0, 0.05) is 37.1 Å². The van der Waals surface area contributed by atoms with Gasteiger partial charge in [-0.3, -0.25) is 4.79 Å². The Bertz CT molecular complexity index is 1040. The number of fused-ring (bicyclic) bond motifs is 3. The fraction of sp³-hybridized carbons (Fsp3) is 0.429. The average molecular weight is 386 g/mol. The number of piperidine rings is 1. The van der Waals surface area contributed by atoms with Crippen LogP contribution in [0.25, 0.3) is 0 Å². The smallest absolute Gasteiger partial charge is 0.339 e. The monoisotopic (exact) mass is 386 g/mol. The number of nitrogens with one attached hydrogen (secondary N) is 1. The lowest BCUT2D eigenvalue weighted by Crippen LogP contribution is -2.44. The molecule has 2 aromatic rings. The molecule has 1 saturated heterocycles. The van der Waals surface area contributed by atoms with Gasteiger partial charge < -0.3 is 14.6 Å². The number of pyridine rings is 1. The lowest BCUT2D eigenvalue weighted by atomic mass is 9.83. The minimum absolute atomic E-state index is 0.0380. The number of halogens is 2. The number of aromatic amines is 1. The summed E-state index contributed by atoms with van der Waals surface area (Å²) in [4.78, 5) is 29.6. The topological polar surface area (TPSA) is 62.4 Å². The number of esters is 1. The number of benzene rings is 1. The van der Waals surface area contributed by atoms with E-state index in [9.17, 15) is 18.4 Å². The van der Waals surface area contributed by atoms with Crippen LogP contribution in [0.2, 0.25) is 0 Å². The molecule has 1 aromatic heterocycles. The molecule has 3 aliphatic rings. The number of anilines is 1. The molecule has 3 heterocycles. The van der Waals surface area contributed by atoms with Crippen LogP contribution in [-0.2, 0) is 23.2 Å². The van der Waals surface area contributed by atoms with Gasteiger partial charge in [0.05, 0.1) is 5.56 Å². The summed E-state index contributed by atoms with van der Waals surface area (Å²) in [7, 11) is 0. The second kappa shape index (κ2) is 6.15. The molecule has 0 atom stereocenters. The highest BCUT2D eigenvalue weighted by molar-refractivity contribution is 5.95. The third kappa shape index (κ3) is 2.48. The SMILES string of the molecule is O=C1OC2(CCN(c3cc4c(c(=O)[nH]3)CCCC4)CC2)c2c1ccc(F)c2F. The van der Waals surface area contributed by atoms with Crippen molar-refractivity contribution in [2.45, 2.75) is 44.1 Å². The Morgan fingerprint density at radius 1 is 1.07 bits per heavy atom. The number of aromatic nitrogens is 1. The van der Waals surface area contributed by atoms with Gasteiger partial charge in [0.2, 0.25) is 0 Å². The third-order valence-corrected chi connectivity index (χ3v) is 6.31. The molecule has 0 saturated carbocycles. The molecule has 7 heteroatoms. The second-order valence-corrected chi connectivity index (χ2v) is 7.85. The van der Waals surface area contributed by atoms with Crippen LogP contribution in [0.15, 0.2) is 23.0 Å². The number of nitrogens with zero attached hydrogens (tertiary/aromatic N) is 1. The summed E-state index contributed by atoms with van der Waals surface area (Å²) in [6.07, 6.45) is 4.51. The number of carbonyl (C=O) groups excluding carboxylic acids is 1. The van der Waals surface area contributed by atoms with Gasteiger partial charge in [0.1, 0.15) is 11.4 Å². The van der Waals surface area contributed by atoms with Crippen molar-refractivity contribution < 1.29 is 18.3 Å². The van der Waals surface area contributed by atoms with E-state index in [-0.39, 0.29) is 16.7 Å². The molecule has 5 nitrogen and oxygen atoms in total. The van der Waals surface area contributed by atoms with Crippen molar-refractivity contribution in [1.29, 1.82) is 0 Å². The zero-order chi connectivity index (χ0) is 19.5. The number of H-pyrrole nitrogens is 1. The van der Waals surface area contributed by atoms with Gasteiger partial charge >= 0.3 is 5.97 Å². The highest BCUT2D eigenvalue weighted by Gasteiger charge is 2.50. The van der Waals surface area contributed by atoms with Crippen LogP contribution in [0.5, 0.6) is 0 Å². The molecule has 1 N–H and O–H groups in total. The van der Waals surface area contributed by atoms with Crippen LogP contribution in [0.4, 0.5) is 14.6 Å². The van der Waals surface area contributed by atoms with E-state index in [1.807, 2.05) is 11.0 Å². The highest BCUT2D eigenvalue weighted by atomic mass is 19.2. The molecule has 1 aliphatic carbocycles. The first-order chi connectivity index (χ1) is 13.5. The zero-order valence-corrected chi connectivity index (χ0v) is 15.3. The average Bonchev–Trinajstić information content (AvgIpc) is 2.97. The normalized spacial score (nSPS) is 20.1. The summed E-state index contributed by atoms with van der Waals surface area (Å²) in [5, 5.41) is 0. The lowest BCUT2D eigenvalue weighted by Gasteiger charge is -2.39. The van der Waals surface area contributed by atoms with Gasteiger partial charge in [-0.15, -0.1) is 0 Å². The fourth-order valence-electron chi connectivity index (χ4n) is 4.82. The van der Waals surface area contributed by atoms with E-state index in [0.29, 0.717) is 25.9 Å². The number of rotatable bonds is 1. The number of aryl methyl sites for hydroxylation is 1. The molecule has 146 valence electrons. The molecule has 0 radical (unpaired) electrons. The summed E-state index contributed by atoms with van der Waals surface area (Å²) < 4.78 is 33.8. The first-order valence-electron chi connectivity index (χ1n) is 9.70. The van der Waals surface area contributed by atoms with E-state index in [0.717, 1.165) is 48.7 Å². The molecular formula is C21H20F2N2O3. The van der Waals surface area contributed by atoms with Crippen LogP contribution in [0.1, 0.15) is 52.7 Å². The third-order valence-electron chi connectivity index (χ3n) is 6.31. The zero-order valence-electron chi connectivity index (χ0n) is 15.3. The van der Waals surface area contributed by atoms with Crippen LogP contribution in [-0.4, -0.2) is 24.0 Å². The summed E-state index contributed by atoms with van der Waals surface area (Å²) in [6.45, 7) is 0.939. The van der Waals surface area contributed by atoms with Gasteiger partial charge in [-0.25, -0.2) is 13.6 Å². The maximum atomic E-state index is 14.5. The molecule has 1 aromatic carbocycles. The van der Waals surface area contributed by atoms with E-state index in [4.69, 9.17) is 4.74 Å². The molecule has 0 amide bonds. The Kier molecular flexibility index (Phi) is 3.82. The summed E-state index contributed by atoms with van der Waals surface area (Å²) in [5.41, 5.74) is 0.934. The van der Waals surface area contributed by atoms with Gasteiger partial charge in [0.15, 0.2) is 11.6 Å². The Morgan fingerprint density at radius 2 is 1.82 bits per heavy atom. The number of ether oxygens (including phenoxy) is 1. The quantitative estimate of drug-likeness (QED) is 0.765. The van der Waals surface area contributed by atoms with Crippen molar-refractivity contribution in [3.8, 4) is 0 Å². The van der Waals surface area contributed by atoms with Crippen molar-refractivity contribution in [1.82, 2.24) is 4.98 Å². The molecule has 1 spiro atoms. The van der Waals surface area contributed by atoms with E-state index in [2.05, 4.69) is 4.98 Å². The molecule has 28 heavy (non-hydrogen) atoms. The van der Waals surface area contributed by atoms with Gasteiger partial charge in [-0.05, 0) is 49.4 Å². The fourth-order valence-corrected chi connectivity index (χ4v) is 4.82. The largest absolute Gasteiger partial charge is 0.450 e. The molecule has 2 aliphatic heterocycles.